The van der Waals surface area contributed by atoms with Gasteiger partial charge in [0.15, 0.2) is 6.04 Å². The van der Waals surface area contributed by atoms with Crippen LogP contribution in [0.2, 0.25) is 5.02 Å². The Morgan fingerprint density at radius 3 is 2.40 bits per heavy atom. The van der Waals surface area contributed by atoms with Crippen molar-refractivity contribution >= 4 is 39.7 Å². The molecule has 0 spiro atoms. The van der Waals surface area contributed by atoms with Crippen LogP contribution in [0.25, 0.3) is 0 Å². The smallest absolute Gasteiger partial charge is 0.341 e. The highest BCUT2D eigenvalue weighted by atomic mass is 35.5. The Balaban J connectivity index is 2.16. The standard InChI is InChI=1S/C14H16ClN3O6S/c1-2-25(23,24)18-8-7-17(14(18)22)13(21)16-11(12(19)20)9-3-5-10(15)6-4-9/h3-6,11H,2,7-8H2,1H3,(H,16,21)(H,19,20). The molecule has 0 radical (unpaired) electrons. The highest BCUT2D eigenvalue weighted by Crippen LogP contribution is 2.19. The molecule has 25 heavy (non-hydrogen) atoms. The first-order valence-corrected chi connectivity index (χ1v) is 9.26. The van der Waals surface area contributed by atoms with Crippen LogP contribution in [0.1, 0.15) is 18.5 Å². The molecule has 9 nitrogen and oxygen atoms in total. The summed E-state index contributed by atoms with van der Waals surface area (Å²) < 4.78 is 24.2. The zero-order chi connectivity index (χ0) is 18.8. The predicted molar refractivity (Wildman–Crippen MR) is 88.6 cm³/mol. The lowest BCUT2D eigenvalue weighted by molar-refractivity contribution is -0.139. The van der Waals surface area contributed by atoms with Gasteiger partial charge < -0.3 is 10.4 Å². The Morgan fingerprint density at radius 1 is 1.28 bits per heavy atom. The summed E-state index contributed by atoms with van der Waals surface area (Å²) in [5, 5.41) is 11.9. The maximum absolute atomic E-state index is 12.3. The third-order valence-corrected chi connectivity index (χ3v) is 5.63. The molecule has 136 valence electrons. The van der Waals surface area contributed by atoms with E-state index < -0.39 is 34.1 Å². The molecule has 4 amide bonds. The summed E-state index contributed by atoms with van der Waals surface area (Å²) in [6.45, 7) is 1.06. The number of urea groups is 2. The SMILES string of the molecule is CCS(=O)(=O)N1CCN(C(=O)NC(C(=O)O)c2ccc(Cl)cc2)C1=O. The van der Waals surface area contributed by atoms with E-state index in [1.54, 1.807) is 0 Å². The minimum atomic E-state index is -3.78. The average Bonchev–Trinajstić information content (AvgIpc) is 2.95. The van der Waals surface area contributed by atoms with Crippen LogP contribution in [0.4, 0.5) is 9.59 Å². The second-order valence-electron chi connectivity index (χ2n) is 5.18. The molecule has 1 atom stereocenters. The number of carboxylic acid groups (broad SMARTS) is 1. The number of imide groups is 1. The van der Waals surface area contributed by atoms with E-state index in [-0.39, 0.29) is 24.4 Å². The van der Waals surface area contributed by atoms with Crippen molar-refractivity contribution in [2.75, 3.05) is 18.8 Å². The number of carboxylic acids is 1. The van der Waals surface area contributed by atoms with Crippen molar-refractivity contribution in [2.45, 2.75) is 13.0 Å². The normalized spacial score (nSPS) is 16.0. The zero-order valence-corrected chi connectivity index (χ0v) is 14.7. The molecular formula is C14H16ClN3O6S. The molecule has 0 aromatic heterocycles. The van der Waals surface area contributed by atoms with E-state index in [1.807, 2.05) is 0 Å². The van der Waals surface area contributed by atoms with Gasteiger partial charge >= 0.3 is 18.0 Å². The molecule has 1 aliphatic heterocycles. The third-order valence-electron chi connectivity index (χ3n) is 3.63. The van der Waals surface area contributed by atoms with E-state index in [0.29, 0.717) is 14.2 Å². The second kappa shape index (κ2) is 7.28. The lowest BCUT2D eigenvalue weighted by Gasteiger charge is -2.20. The lowest BCUT2D eigenvalue weighted by atomic mass is 10.1. The second-order valence-corrected chi connectivity index (χ2v) is 7.80. The van der Waals surface area contributed by atoms with Gasteiger partial charge in [0.25, 0.3) is 0 Å². The number of sulfonamides is 1. The van der Waals surface area contributed by atoms with Gasteiger partial charge in [0.1, 0.15) is 0 Å². The van der Waals surface area contributed by atoms with Crippen LogP contribution in [0, 0.1) is 0 Å². The fourth-order valence-electron chi connectivity index (χ4n) is 2.26. The van der Waals surface area contributed by atoms with Crippen molar-refractivity contribution < 1.29 is 27.9 Å². The van der Waals surface area contributed by atoms with Gasteiger partial charge in [-0.1, -0.05) is 23.7 Å². The van der Waals surface area contributed by atoms with Gasteiger partial charge in [-0.15, -0.1) is 0 Å². The van der Waals surface area contributed by atoms with E-state index >= 15 is 0 Å². The Bertz CT molecular complexity index is 795. The number of hydrogen-bond acceptors (Lipinski definition) is 5. The van der Waals surface area contributed by atoms with E-state index in [0.717, 1.165) is 0 Å². The monoisotopic (exact) mass is 389 g/mol. The van der Waals surface area contributed by atoms with Gasteiger partial charge in [-0.3, -0.25) is 0 Å². The highest BCUT2D eigenvalue weighted by molar-refractivity contribution is 7.89. The third kappa shape index (κ3) is 4.02. The molecule has 1 aromatic rings. The molecule has 2 N–H and O–H groups in total. The lowest BCUT2D eigenvalue weighted by Crippen LogP contribution is -2.46. The molecule has 0 saturated carbocycles. The molecule has 11 heteroatoms. The van der Waals surface area contributed by atoms with E-state index in [1.165, 1.54) is 31.2 Å². The Hall–Kier alpha value is -2.33. The van der Waals surface area contributed by atoms with E-state index in [9.17, 15) is 27.9 Å². The van der Waals surface area contributed by atoms with Crippen molar-refractivity contribution in [1.82, 2.24) is 14.5 Å². The molecule has 1 saturated heterocycles. The average molecular weight is 390 g/mol. The van der Waals surface area contributed by atoms with Crippen LogP contribution in [-0.2, 0) is 14.8 Å². The molecular weight excluding hydrogens is 374 g/mol. The fraction of sp³-hybridized carbons (Fsp3) is 0.357. The van der Waals surface area contributed by atoms with Crippen LogP contribution in [0.15, 0.2) is 24.3 Å². The largest absolute Gasteiger partial charge is 0.479 e. The maximum atomic E-state index is 12.3. The first kappa shape index (κ1) is 19.0. The number of nitrogens with zero attached hydrogens (tertiary/aromatic N) is 2. The van der Waals surface area contributed by atoms with Gasteiger partial charge in [-0.05, 0) is 24.6 Å². The number of halogens is 1. The van der Waals surface area contributed by atoms with Crippen LogP contribution in [0.5, 0.6) is 0 Å². The summed E-state index contributed by atoms with van der Waals surface area (Å²) in [6, 6.07) is 2.41. The first-order valence-electron chi connectivity index (χ1n) is 7.28. The quantitative estimate of drug-likeness (QED) is 0.781. The summed E-state index contributed by atoms with van der Waals surface area (Å²) in [4.78, 5) is 36.5. The molecule has 1 aromatic carbocycles. The Morgan fingerprint density at radius 2 is 1.88 bits per heavy atom. The first-order chi connectivity index (χ1) is 11.7. The summed E-state index contributed by atoms with van der Waals surface area (Å²) in [5.41, 5.74) is 0.259. The summed E-state index contributed by atoms with van der Waals surface area (Å²) >= 11 is 5.75. The van der Waals surface area contributed by atoms with E-state index in [4.69, 9.17) is 11.6 Å². The number of aliphatic carboxylic acids is 1. The number of hydrogen-bond donors (Lipinski definition) is 2. The fourth-order valence-corrected chi connectivity index (χ4v) is 3.40. The molecule has 0 bridgehead atoms. The van der Waals surface area contributed by atoms with Crippen molar-refractivity contribution in [2.24, 2.45) is 0 Å². The van der Waals surface area contributed by atoms with Gasteiger partial charge in [0.05, 0.1) is 18.8 Å². The van der Waals surface area contributed by atoms with E-state index in [2.05, 4.69) is 5.32 Å². The Labute approximate surface area is 149 Å². The predicted octanol–water partition coefficient (Wildman–Crippen LogP) is 1.26. The topological polar surface area (TPSA) is 124 Å². The van der Waals surface area contributed by atoms with Crippen molar-refractivity contribution in [3.63, 3.8) is 0 Å². The number of rotatable bonds is 5. The minimum Gasteiger partial charge on any atom is -0.479 e. The minimum absolute atomic E-state index is 0.156. The number of carbonyl (C=O) groups is 3. The highest BCUT2D eigenvalue weighted by Gasteiger charge is 2.40. The number of benzene rings is 1. The van der Waals surface area contributed by atoms with Crippen molar-refractivity contribution in [3.8, 4) is 0 Å². The van der Waals surface area contributed by atoms with Gasteiger partial charge in [0.2, 0.25) is 10.0 Å². The molecule has 1 aliphatic rings. The molecule has 1 fully saturated rings. The van der Waals surface area contributed by atoms with Crippen LogP contribution >= 0.6 is 11.6 Å². The van der Waals surface area contributed by atoms with Crippen molar-refractivity contribution in [3.05, 3.63) is 34.9 Å². The zero-order valence-electron chi connectivity index (χ0n) is 13.2. The van der Waals surface area contributed by atoms with Gasteiger partial charge in [0, 0.05) is 5.02 Å². The van der Waals surface area contributed by atoms with Crippen LogP contribution in [-0.4, -0.2) is 59.6 Å². The van der Waals surface area contributed by atoms with Crippen molar-refractivity contribution in [1.29, 1.82) is 0 Å². The molecule has 1 unspecified atom stereocenters. The summed E-state index contributed by atoms with van der Waals surface area (Å²) in [5.74, 6) is -1.61. The summed E-state index contributed by atoms with van der Waals surface area (Å²) in [7, 11) is -3.78. The molecule has 1 heterocycles. The molecule has 2 rings (SSSR count). The van der Waals surface area contributed by atoms with Gasteiger partial charge in [-0.25, -0.2) is 32.0 Å². The molecule has 0 aliphatic carbocycles. The number of amides is 4. The number of carbonyl (C=O) groups excluding carboxylic acids is 2. The number of nitrogens with one attached hydrogen (secondary N) is 1. The van der Waals surface area contributed by atoms with Crippen LogP contribution < -0.4 is 5.32 Å². The summed E-state index contributed by atoms with van der Waals surface area (Å²) in [6.07, 6.45) is 0. The maximum Gasteiger partial charge on any atom is 0.341 e. The Kier molecular flexibility index (Phi) is 5.53. The van der Waals surface area contributed by atoms with Gasteiger partial charge in [-0.2, -0.15) is 0 Å². The van der Waals surface area contributed by atoms with Crippen LogP contribution in [0.3, 0.4) is 0 Å².